The van der Waals surface area contributed by atoms with Crippen LogP contribution in [0.25, 0.3) is 11.8 Å². The topological polar surface area (TPSA) is 37.3 Å². The molecule has 0 aromatic heterocycles. The maximum absolute atomic E-state index is 11.7. The van der Waals surface area contributed by atoms with E-state index in [4.69, 9.17) is 0 Å². The van der Waals surface area contributed by atoms with Gasteiger partial charge in [-0.25, -0.2) is 0 Å². The number of carbonyl (C=O) groups is 1. The quantitative estimate of drug-likeness (QED) is 0.693. The van der Waals surface area contributed by atoms with Crippen molar-refractivity contribution in [1.29, 1.82) is 0 Å². The van der Waals surface area contributed by atoms with E-state index in [1.807, 2.05) is 24.3 Å². The van der Waals surface area contributed by atoms with Crippen LogP contribution in [0, 0.1) is 0 Å². The summed E-state index contributed by atoms with van der Waals surface area (Å²) in [5.41, 5.74) is 1.74. The van der Waals surface area contributed by atoms with Crippen LogP contribution in [0.5, 0.6) is 0 Å². The fraction of sp³-hybridized carbons (Fsp3) is 0.0714. The van der Waals surface area contributed by atoms with E-state index in [0.717, 1.165) is 17.2 Å². The molecular weight excluding hydrogens is 200 g/mol. The van der Waals surface area contributed by atoms with E-state index in [-0.39, 0.29) is 11.5 Å². The molecule has 0 atom stereocenters. The Balaban J connectivity index is 2.44. The molecule has 0 amide bonds. The Morgan fingerprint density at radius 3 is 2.94 bits per heavy atom. The number of benzene rings is 1. The third-order valence-corrected chi connectivity index (χ3v) is 2.96. The van der Waals surface area contributed by atoms with E-state index in [1.54, 1.807) is 0 Å². The lowest BCUT2D eigenvalue weighted by Crippen LogP contribution is -2.26. The molecule has 0 spiro atoms. The van der Waals surface area contributed by atoms with Crippen molar-refractivity contribution in [3.63, 3.8) is 0 Å². The highest BCUT2D eigenvalue weighted by Gasteiger charge is 2.13. The van der Waals surface area contributed by atoms with Gasteiger partial charge in [0, 0.05) is 10.8 Å². The summed E-state index contributed by atoms with van der Waals surface area (Å²) in [5, 5.41) is 11.4. The summed E-state index contributed by atoms with van der Waals surface area (Å²) in [7, 11) is 0. The van der Waals surface area contributed by atoms with E-state index in [1.165, 1.54) is 12.2 Å². The molecule has 2 heteroatoms. The average Bonchev–Trinajstić information content (AvgIpc) is 2.32. The van der Waals surface area contributed by atoms with Gasteiger partial charge >= 0.3 is 0 Å². The maximum Gasteiger partial charge on any atom is 0.186 e. The highest BCUT2D eigenvalue weighted by molar-refractivity contribution is 6.07. The number of rotatable bonds is 0. The number of aliphatic hydroxyl groups is 1. The predicted octanol–water partition coefficient (Wildman–Crippen LogP) is 0.998. The third-order valence-electron chi connectivity index (χ3n) is 2.96. The largest absolute Gasteiger partial charge is 0.507 e. The molecule has 2 aliphatic rings. The molecule has 0 fully saturated rings. The Labute approximate surface area is 92.5 Å². The van der Waals surface area contributed by atoms with Crippen LogP contribution in [-0.4, -0.2) is 10.9 Å². The second-order valence-corrected chi connectivity index (χ2v) is 3.98. The maximum atomic E-state index is 11.7. The van der Waals surface area contributed by atoms with Crippen LogP contribution in [-0.2, 0) is 6.42 Å². The van der Waals surface area contributed by atoms with Crippen LogP contribution in [0.2, 0.25) is 0 Å². The molecular formula is C14H10O2. The molecule has 0 bridgehead atoms. The number of aliphatic hydroxyl groups excluding tert-OH is 1. The van der Waals surface area contributed by atoms with Crippen LogP contribution in [0.3, 0.4) is 0 Å². The lowest BCUT2D eigenvalue weighted by molar-refractivity contribution is 0.104. The summed E-state index contributed by atoms with van der Waals surface area (Å²) >= 11 is 0. The van der Waals surface area contributed by atoms with E-state index < -0.39 is 0 Å². The van der Waals surface area contributed by atoms with Crippen molar-refractivity contribution in [2.75, 3.05) is 0 Å². The average molecular weight is 210 g/mol. The first kappa shape index (κ1) is 9.16. The van der Waals surface area contributed by atoms with E-state index in [2.05, 4.69) is 6.08 Å². The first-order valence-electron chi connectivity index (χ1n) is 5.21. The standard InChI is InChI=1S/C14H10O2/c15-13-5-6-14(16)12-8-10-4-2-1-3-9(10)7-11(12)13/h1-3,5-8,16H,4H2. The minimum Gasteiger partial charge on any atom is -0.507 e. The van der Waals surface area contributed by atoms with Gasteiger partial charge in [-0.05, 0) is 41.5 Å². The van der Waals surface area contributed by atoms with E-state index in [9.17, 15) is 9.90 Å². The summed E-state index contributed by atoms with van der Waals surface area (Å²) in [5.74, 6) is 0.130. The van der Waals surface area contributed by atoms with Gasteiger partial charge in [-0.1, -0.05) is 18.2 Å². The van der Waals surface area contributed by atoms with Crippen molar-refractivity contribution >= 4 is 17.6 Å². The molecule has 16 heavy (non-hydrogen) atoms. The number of fused-ring (bicyclic) bond motifs is 2. The highest BCUT2D eigenvalue weighted by atomic mass is 16.3. The van der Waals surface area contributed by atoms with Gasteiger partial charge in [0.1, 0.15) is 5.76 Å². The molecule has 0 saturated heterocycles. The number of hydrogen-bond acceptors (Lipinski definition) is 2. The molecule has 0 saturated carbocycles. The Hall–Kier alpha value is -2.09. The van der Waals surface area contributed by atoms with Crippen molar-refractivity contribution in [3.8, 4) is 0 Å². The first-order chi connectivity index (χ1) is 7.75. The van der Waals surface area contributed by atoms with Crippen LogP contribution >= 0.6 is 0 Å². The van der Waals surface area contributed by atoms with Gasteiger partial charge in [0.15, 0.2) is 5.78 Å². The normalized spacial score (nSPS) is 16.8. The van der Waals surface area contributed by atoms with Gasteiger partial charge in [-0.3, -0.25) is 4.79 Å². The second kappa shape index (κ2) is 3.20. The summed E-state index contributed by atoms with van der Waals surface area (Å²) in [6.07, 6.45) is 9.75. The van der Waals surface area contributed by atoms with Crippen LogP contribution in [0.4, 0.5) is 0 Å². The minimum atomic E-state index is -0.0430. The van der Waals surface area contributed by atoms with Crippen LogP contribution in [0.1, 0.15) is 15.9 Å². The lowest BCUT2D eigenvalue weighted by atomic mass is 9.95. The van der Waals surface area contributed by atoms with Gasteiger partial charge in [0.25, 0.3) is 0 Å². The smallest absolute Gasteiger partial charge is 0.186 e. The fourth-order valence-electron chi connectivity index (χ4n) is 2.11. The Morgan fingerprint density at radius 1 is 1.19 bits per heavy atom. The molecule has 1 N–H and O–H groups in total. The zero-order valence-corrected chi connectivity index (χ0v) is 8.60. The number of allylic oxidation sites excluding steroid dienone is 3. The Morgan fingerprint density at radius 2 is 2.06 bits per heavy atom. The summed E-state index contributed by atoms with van der Waals surface area (Å²) < 4.78 is 0. The van der Waals surface area contributed by atoms with Crippen LogP contribution in [0.15, 0.2) is 36.4 Å². The molecule has 2 nitrogen and oxygen atoms in total. The zero-order chi connectivity index (χ0) is 11.1. The monoisotopic (exact) mass is 210 g/mol. The molecule has 1 aromatic rings. The molecule has 0 heterocycles. The van der Waals surface area contributed by atoms with Crippen molar-refractivity contribution in [2.24, 2.45) is 0 Å². The van der Waals surface area contributed by atoms with Gasteiger partial charge in [-0.2, -0.15) is 0 Å². The fourth-order valence-corrected chi connectivity index (χ4v) is 2.11. The van der Waals surface area contributed by atoms with Crippen molar-refractivity contribution in [2.45, 2.75) is 6.42 Å². The second-order valence-electron chi connectivity index (χ2n) is 3.98. The summed E-state index contributed by atoms with van der Waals surface area (Å²) in [6.45, 7) is 0. The van der Waals surface area contributed by atoms with Gasteiger partial charge in [0.2, 0.25) is 0 Å². The van der Waals surface area contributed by atoms with Crippen molar-refractivity contribution in [3.05, 3.63) is 58.0 Å². The molecule has 2 aliphatic carbocycles. The SMILES string of the molecule is O=C1C=CC(O)=c2cc3c(cc21)=CC=CC3. The van der Waals surface area contributed by atoms with Crippen LogP contribution < -0.4 is 10.4 Å². The molecule has 1 aromatic carbocycles. The third kappa shape index (κ3) is 1.23. The Bertz CT molecular complexity index is 661. The molecule has 0 aliphatic heterocycles. The number of carbonyl (C=O) groups excluding carboxylic acids is 1. The van der Waals surface area contributed by atoms with Gasteiger partial charge < -0.3 is 5.11 Å². The molecule has 3 rings (SSSR count). The Kier molecular flexibility index (Phi) is 1.83. The van der Waals surface area contributed by atoms with Crippen molar-refractivity contribution < 1.29 is 9.90 Å². The summed E-state index contributed by atoms with van der Waals surface area (Å²) in [6, 6.07) is 3.76. The molecule has 0 radical (unpaired) electrons. The zero-order valence-electron chi connectivity index (χ0n) is 8.60. The van der Waals surface area contributed by atoms with E-state index >= 15 is 0 Å². The molecule has 78 valence electrons. The minimum absolute atomic E-state index is 0.0430. The number of ketones is 1. The van der Waals surface area contributed by atoms with Gasteiger partial charge in [-0.15, -0.1) is 0 Å². The van der Waals surface area contributed by atoms with E-state index in [0.29, 0.717) is 10.8 Å². The number of hydrogen-bond donors (Lipinski definition) is 1. The van der Waals surface area contributed by atoms with Gasteiger partial charge in [0.05, 0.1) is 0 Å². The van der Waals surface area contributed by atoms with Crippen molar-refractivity contribution in [1.82, 2.24) is 0 Å². The predicted molar refractivity (Wildman–Crippen MR) is 62.5 cm³/mol. The molecule has 0 unspecified atom stereocenters. The summed E-state index contributed by atoms with van der Waals surface area (Å²) in [4.78, 5) is 11.7. The first-order valence-corrected chi connectivity index (χ1v) is 5.21. The highest BCUT2D eigenvalue weighted by Crippen LogP contribution is 2.07. The lowest BCUT2D eigenvalue weighted by Gasteiger charge is -2.10.